The number of benzene rings is 1. The molecule has 21 heavy (non-hydrogen) atoms. The Morgan fingerprint density at radius 2 is 2.00 bits per heavy atom. The Balaban J connectivity index is 2.36. The fourth-order valence-electron chi connectivity index (χ4n) is 1.91. The highest BCUT2D eigenvalue weighted by Gasteiger charge is 2.21. The second-order valence-electron chi connectivity index (χ2n) is 4.37. The largest absolute Gasteiger partial charge is 0.368 e. The molecular weight excluding hydrogens is 276 g/mol. The van der Waals surface area contributed by atoms with E-state index in [9.17, 15) is 13.6 Å². The highest BCUT2D eigenvalue weighted by atomic mass is 19.1. The van der Waals surface area contributed by atoms with Gasteiger partial charge in [-0.2, -0.15) is 0 Å². The van der Waals surface area contributed by atoms with E-state index in [4.69, 9.17) is 0 Å². The molecule has 0 spiro atoms. The highest BCUT2D eigenvalue weighted by Crippen LogP contribution is 2.22. The summed E-state index contributed by atoms with van der Waals surface area (Å²) >= 11 is 0. The summed E-state index contributed by atoms with van der Waals surface area (Å²) in [6.07, 6.45) is 1.34. The molecule has 0 unspecified atom stereocenters. The molecule has 2 rings (SSSR count). The van der Waals surface area contributed by atoms with Crippen molar-refractivity contribution < 1.29 is 13.6 Å². The summed E-state index contributed by atoms with van der Waals surface area (Å²) in [4.78, 5) is 17.2. The Kier molecular flexibility index (Phi) is 4.47. The molecule has 1 heterocycles. The fraction of sp³-hybridized carbons (Fsp3) is 0.200. The standard InChI is InChI=1S/C15H15F2N3O/c1-3-18-14-13(17)10(8-9-19-14)15(21)20(2)12-7-5-4-6-11(12)16/h4-9H,3H2,1-2H3,(H,18,19). The second-order valence-corrected chi connectivity index (χ2v) is 4.37. The number of aromatic nitrogens is 1. The van der Waals surface area contributed by atoms with Crippen LogP contribution in [-0.2, 0) is 0 Å². The lowest BCUT2D eigenvalue weighted by atomic mass is 10.2. The summed E-state index contributed by atoms with van der Waals surface area (Å²) in [5.74, 6) is -1.92. The lowest BCUT2D eigenvalue weighted by Gasteiger charge is -2.18. The van der Waals surface area contributed by atoms with E-state index in [2.05, 4.69) is 10.3 Å². The minimum atomic E-state index is -0.743. The van der Waals surface area contributed by atoms with E-state index in [1.165, 1.54) is 37.5 Å². The predicted molar refractivity (Wildman–Crippen MR) is 77.5 cm³/mol. The molecule has 1 aromatic carbocycles. The minimum Gasteiger partial charge on any atom is -0.368 e. The van der Waals surface area contributed by atoms with Crippen LogP contribution in [-0.4, -0.2) is 24.5 Å². The molecule has 1 aromatic heterocycles. The van der Waals surface area contributed by atoms with Gasteiger partial charge < -0.3 is 10.2 Å². The average molecular weight is 291 g/mol. The number of rotatable bonds is 4. The van der Waals surface area contributed by atoms with Crippen LogP contribution in [0.4, 0.5) is 20.3 Å². The van der Waals surface area contributed by atoms with Crippen molar-refractivity contribution >= 4 is 17.4 Å². The maximum absolute atomic E-state index is 14.2. The first kappa shape index (κ1) is 14.9. The first-order valence-corrected chi connectivity index (χ1v) is 6.47. The van der Waals surface area contributed by atoms with Crippen molar-refractivity contribution in [1.29, 1.82) is 0 Å². The molecule has 0 fully saturated rings. The normalized spacial score (nSPS) is 10.3. The summed E-state index contributed by atoms with van der Waals surface area (Å²) < 4.78 is 27.9. The van der Waals surface area contributed by atoms with Gasteiger partial charge in [0.1, 0.15) is 5.82 Å². The van der Waals surface area contributed by atoms with E-state index in [-0.39, 0.29) is 17.1 Å². The minimum absolute atomic E-state index is 0.00489. The van der Waals surface area contributed by atoms with Gasteiger partial charge in [-0.3, -0.25) is 4.79 Å². The van der Waals surface area contributed by atoms with Gasteiger partial charge in [-0.1, -0.05) is 12.1 Å². The van der Waals surface area contributed by atoms with E-state index >= 15 is 0 Å². The van der Waals surface area contributed by atoms with E-state index < -0.39 is 17.5 Å². The quantitative estimate of drug-likeness (QED) is 0.941. The molecule has 0 bridgehead atoms. The van der Waals surface area contributed by atoms with Crippen molar-refractivity contribution in [2.24, 2.45) is 0 Å². The topological polar surface area (TPSA) is 45.2 Å². The number of hydrogen-bond donors (Lipinski definition) is 1. The van der Waals surface area contributed by atoms with Crippen LogP contribution in [0.1, 0.15) is 17.3 Å². The third kappa shape index (κ3) is 2.99. The molecule has 0 aliphatic carbocycles. The Labute approximate surface area is 121 Å². The number of halogens is 2. The van der Waals surface area contributed by atoms with Crippen molar-refractivity contribution in [3.8, 4) is 0 Å². The van der Waals surface area contributed by atoms with E-state index in [0.717, 1.165) is 4.90 Å². The van der Waals surface area contributed by atoms with Crippen molar-refractivity contribution in [1.82, 2.24) is 4.98 Å². The smallest absolute Gasteiger partial charge is 0.261 e. The molecule has 0 aliphatic rings. The van der Waals surface area contributed by atoms with Crippen LogP contribution in [0.15, 0.2) is 36.5 Å². The van der Waals surface area contributed by atoms with Crippen molar-refractivity contribution in [2.75, 3.05) is 23.8 Å². The number of hydrogen-bond acceptors (Lipinski definition) is 3. The van der Waals surface area contributed by atoms with Crippen LogP contribution in [0.25, 0.3) is 0 Å². The summed E-state index contributed by atoms with van der Waals surface area (Å²) in [5.41, 5.74) is -0.0737. The second kappa shape index (κ2) is 6.30. The van der Waals surface area contributed by atoms with E-state index in [1.807, 2.05) is 0 Å². The summed E-state index contributed by atoms with van der Waals surface area (Å²) in [6, 6.07) is 7.10. The van der Waals surface area contributed by atoms with Gasteiger partial charge in [0, 0.05) is 19.8 Å². The van der Waals surface area contributed by atoms with Gasteiger partial charge in [0.2, 0.25) is 0 Å². The lowest BCUT2D eigenvalue weighted by molar-refractivity contribution is 0.0988. The van der Waals surface area contributed by atoms with Gasteiger partial charge in [0.25, 0.3) is 5.91 Å². The highest BCUT2D eigenvalue weighted by molar-refractivity contribution is 6.06. The van der Waals surface area contributed by atoms with Gasteiger partial charge in [0.05, 0.1) is 11.3 Å². The molecule has 0 atom stereocenters. The van der Waals surface area contributed by atoms with Crippen LogP contribution < -0.4 is 10.2 Å². The van der Waals surface area contributed by atoms with Gasteiger partial charge in [0.15, 0.2) is 11.6 Å². The number of nitrogens with one attached hydrogen (secondary N) is 1. The molecule has 110 valence electrons. The van der Waals surface area contributed by atoms with Crippen molar-refractivity contribution in [3.05, 3.63) is 53.7 Å². The summed E-state index contributed by atoms with van der Waals surface area (Å²) in [5, 5.41) is 2.73. The molecular formula is C15H15F2N3O. The van der Waals surface area contributed by atoms with Crippen LogP contribution >= 0.6 is 0 Å². The van der Waals surface area contributed by atoms with Crippen molar-refractivity contribution in [3.63, 3.8) is 0 Å². The zero-order chi connectivity index (χ0) is 15.4. The first-order chi connectivity index (χ1) is 10.1. The zero-order valence-electron chi connectivity index (χ0n) is 11.7. The molecule has 0 saturated carbocycles. The van der Waals surface area contributed by atoms with Gasteiger partial charge in [-0.15, -0.1) is 0 Å². The third-order valence-electron chi connectivity index (χ3n) is 2.98. The monoisotopic (exact) mass is 291 g/mol. The number of nitrogens with zero attached hydrogens (tertiary/aromatic N) is 2. The molecule has 6 heteroatoms. The molecule has 0 aliphatic heterocycles. The zero-order valence-corrected chi connectivity index (χ0v) is 11.7. The fourth-order valence-corrected chi connectivity index (χ4v) is 1.91. The third-order valence-corrected chi connectivity index (χ3v) is 2.98. The Bertz CT molecular complexity index is 661. The van der Waals surface area contributed by atoms with Crippen LogP contribution in [0.2, 0.25) is 0 Å². The average Bonchev–Trinajstić information content (AvgIpc) is 2.49. The van der Waals surface area contributed by atoms with Crippen molar-refractivity contribution in [2.45, 2.75) is 6.92 Å². The Morgan fingerprint density at radius 1 is 1.29 bits per heavy atom. The van der Waals surface area contributed by atoms with Crippen LogP contribution in [0.5, 0.6) is 0 Å². The van der Waals surface area contributed by atoms with Gasteiger partial charge >= 0.3 is 0 Å². The first-order valence-electron chi connectivity index (χ1n) is 6.47. The Morgan fingerprint density at radius 3 is 2.67 bits per heavy atom. The maximum atomic E-state index is 14.2. The van der Waals surface area contributed by atoms with Gasteiger partial charge in [-0.05, 0) is 25.1 Å². The molecule has 0 saturated heterocycles. The molecule has 1 N–H and O–H groups in total. The maximum Gasteiger partial charge on any atom is 0.261 e. The number of para-hydroxylation sites is 1. The number of carbonyl (C=O) groups is 1. The SMILES string of the molecule is CCNc1nccc(C(=O)N(C)c2ccccc2F)c1F. The number of anilines is 2. The molecule has 0 radical (unpaired) electrons. The molecule has 2 aromatic rings. The molecule has 1 amide bonds. The van der Waals surface area contributed by atoms with Gasteiger partial charge in [-0.25, -0.2) is 13.8 Å². The number of pyridine rings is 1. The van der Waals surface area contributed by atoms with Crippen LogP contribution in [0, 0.1) is 11.6 Å². The lowest BCUT2D eigenvalue weighted by Crippen LogP contribution is -2.28. The summed E-state index contributed by atoms with van der Waals surface area (Å²) in [7, 11) is 1.40. The number of amides is 1. The summed E-state index contributed by atoms with van der Waals surface area (Å²) in [6.45, 7) is 2.27. The van der Waals surface area contributed by atoms with E-state index in [1.54, 1.807) is 13.0 Å². The number of carbonyl (C=O) groups excluding carboxylic acids is 1. The molecule has 4 nitrogen and oxygen atoms in total. The van der Waals surface area contributed by atoms with Crippen LogP contribution in [0.3, 0.4) is 0 Å². The van der Waals surface area contributed by atoms with E-state index in [0.29, 0.717) is 6.54 Å². The Hall–Kier alpha value is -2.50. The predicted octanol–water partition coefficient (Wildman–Crippen LogP) is 3.07.